The third kappa shape index (κ3) is 7.68. The third-order valence-electron chi connectivity index (χ3n) is 5.05. The van der Waals surface area contributed by atoms with Crippen LogP contribution in [-0.4, -0.2) is 40.3 Å². The Kier molecular flexibility index (Phi) is 9.32. The highest BCUT2D eigenvalue weighted by Gasteiger charge is 2.08. The van der Waals surface area contributed by atoms with Gasteiger partial charge in [-0.05, 0) is 43.4 Å². The van der Waals surface area contributed by atoms with Gasteiger partial charge in [-0.15, -0.1) is 0 Å². The molecule has 2 aromatic heterocycles. The van der Waals surface area contributed by atoms with E-state index in [-0.39, 0.29) is 6.03 Å². The van der Waals surface area contributed by atoms with Crippen LogP contribution in [0.3, 0.4) is 0 Å². The minimum atomic E-state index is -0.300. The number of hydrogen-bond acceptors (Lipinski definition) is 6. The summed E-state index contributed by atoms with van der Waals surface area (Å²) in [6.45, 7) is 3.55. The van der Waals surface area contributed by atoms with Gasteiger partial charge in [-0.3, -0.25) is 10.3 Å². The monoisotopic (exact) mass is 445 g/mol. The van der Waals surface area contributed by atoms with Crippen LogP contribution < -0.4 is 16.0 Å². The van der Waals surface area contributed by atoms with Crippen molar-refractivity contribution in [1.29, 1.82) is 5.41 Å². The first-order valence-corrected chi connectivity index (χ1v) is 11.4. The fourth-order valence-electron chi connectivity index (χ4n) is 3.22. The maximum atomic E-state index is 12.2. The summed E-state index contributed by atoms with van der Waals surface area (Å²) >= 11 is 0. The summed E-state index contributed by atoms with van der Waals surface area (Å²) in [4.78, 5) is 25.6. The molecular formula is C25H31N7O. The zero-order chi connectivity index (χ0) is 23.3. The molecule has 8 heteroatoms. The van der Waals surface area contributed by atoms with Crippen molar-refractivity contribution >= 4 is 34.8 Å². The Bertz CT molecular complexity index is 1080. The number of rotatable bonds is 12. The van der Waals surface area contributed by atoms with Gasteiger partial charge < -0.3 is 16.0 Å². The van der Waals surface area contributed by atoms with Gasteiger partial charge in [0.05, 0.1) is 11.9 Å². The summed E-state index contributed by atoms with van der Waals surface area (Å²) in [7, 11) is 0. The van der Waals surface area contributed by atoms with Crippen molar-refractivity contribution in [2.45, 2.75) is 39.0 Å². The normalized spacial score (nSPS) is 11.2. The number of carbonyl (C=O) groups is 1. The quantitative estimate of drug-likeness (QED) is 0.241. The number of pyridine rings is 1. The van der Waals surface area contributed by atoms with Gasteiger partial charge >= 0.3 is 6.03 Å². The standard InChI is InChI=1S/C25H31N7O/c1-2-3-14-27-17-20(16-26)22-18-29-21-12-13-23(31-24(21)30-22)32-25(33)28-15-8-7-11-19-9-5-4-6-10-19/h4-6,9-10,12-13,16-18,26-27H,2-3,7-8,11,14-15H2,1H3,(H2,28,30,31,32,33)/b20-17+,26-16?. The van der Waals surface area contributed by atoms with Crippen molar-refractivity contribution in [3.8, 4) is 0 Å². The van der Waals surface area contributed by atoms with Crippen LogP contribution >= 0.6 is 0 Å². The molecule has 3 rings (SSSR count). The number of hydrogen-bond donors (Lipinski definition) is 4. The smallest absolute Gasteiger partial charge is 0.320 e. The molecule has 0 fully saturated rings. The minimum absolute atomic E-state index is 0.300. The molecule has 0 aliphatic heterocycles. The van der Waals surface area contributed by atoms with E-state index >= 15 is 0 Å². The molecule has 0 aliphatic carbocycles. The molecule has 4 N–H and O–H groups in total. The maximum Gasteiger partial charge on any atom is 0.320 e. The van der Waals surface area contributed by atoms with Gasteiger partial charge in [0.1, 0.15) is 11.3 Å². The number of aryl methyl sites for hydroxylation is 1. The zero-order valence-electron chi connectivity index (χ0n) is 19.0. The number of benzene rings is 1. The second-order valence-electron chi connectivity index (χ2n) is 7.67. The predicted molar refractivity (Wildman–Crippen MR) is 133 cm³/mol. The van der Waals surface area contributed by atoms with E-state index < -0.39 is 0 Å². The Labute approximate surface area is 194 Å². The van der Waals surface area contributed by atoms with Crippen LogP contribution in [0.4, 0.5) is 10.6 Å². The fourth-order valence-corrected chi connectivity index (χ4v) is 3.22. The molecule has 0 bridgehead atoms. The number of carbonyl (C=O) groups excluding carboxylic acids is 1. The van der Waals surface area contributed by atoms with E-state index in [2.05, 4.69) is 50.0 Å². The number of fused-ring (bicyclic) bond motifs is 1. The molecule has 0 spiro atoms. The Balaban J connectivity index is 1.53. The molecule has 2 heterocycles. The molecule has 33 heavy (non-hydrogen) atoms. The van der Waals surface area contributed by atoms with Crippen molar-refractivity contribution in [3.05, 3.63) is 66.1 Å². The summed E-state index contributed by atoms with van der Waals surface area (Å²) < 4.78 is 0. The number of nitrogens with one attached hydrogen (secondary N) is 4. The van der Waals surface area contributed by atoms with Crippen LogP contribution in [0.1, 0.15) is 43.9 Å². The number of allylic oxidation sites excluding steroid dienone is 1. The van der Waals surface area contributed by atoms with Crippen molar-refractivity contribution in [3.63, 3.8) is 0 Å². The highest BCUT2D eigenvalue weighted by atomic mass is 16.2. The summed E-state index contributed by atoms with van der Waals surface area (Å²) in [6.07, 6.45) is 9.68. The lowest BCUT2D eigenvalue weighted by Crippen LogP contribution is -2.29. The molecule has 172 valence electrons. The summed E-state index contributed by atoms with van der Waals surface area (Å²) in [5.74, 6) is 0.400. The van der Waals surface area contributed by atoms with Crippen LogP contribution in [0.2, 0.25) is 0 Å². The molecule has 8 nitrogen and oxygen atoms in total. The topological polar surface area (TPSA) is 116 Å². The number of amides is 2. The maximum absolute atomic E-state index is 12.2. The average Bonchev–Trinajstić information content (AvgIpc) is 2.84. The summed E-state index contributed by atoms with van der Waals surface area (Å²) in [5, 5.41) is 16.5. The number of aromatic nitrogens is 3. The van der Waals surface area contributed by atoms with Gasteiger partial charge in [-0.2, -0.15) is 0 Å². The van der Waals surface area contributed by atoms with Crippen LogP contribution in [0.15, 0.2) is 54.9 Å². The average molecular weight is 446 g/mol. The number of unbranched alkanes of at least 4 members (excludes halogenated alkanes) is 2. The van der Waals surface area contributed by atoms with Crippen LogP contribution in [0, 0.1) is 5.41 Å². The van der Waals surface area contributed by atoms with E-state index in [1.165, 1.54) is 11.8 Å². The van der Waals surface area contributed by atoms with Crippen molar-refractivity contribution in [2.24, 2.45) is 0 Å². The molecule has 0 unspecified atom stereocenters. The van der Waals surface area contributed by atoms with Gasteiger partial charge in [0.25, 0.3) is 0 Å². The molecule has 0 radical (unpaired) electrons. The summed E-state index contributed by atoms with van der Waals surface area (Å²) in [6, 6.07) is 13.5. The second-order valence-corrected chi connectivity index (χ2v) is 7.67. The third-order valence-corrected chi connectivity index (χ3v) is 5.05. The lowest BCUT2D eigenvalue weighted by molar-refractivity contribution is 0.252. The Hall–Kier alpha value is -3.81. The molecule has 3 aromatic rings. The van der Waals surface area contributed by atoms with E-state index in [1.807, 2.05) is 18.2 Å². The molecule has 0 saturated heterocycles. The number of nitrogens with zero attached hydrogens (tertiary/aromatic N) is 3. The van der Waals surface area contributed by atoms with Gasteiger partial charge in [0.15, 0.2) is 5.65 Å². The fraction of sp³-hybridized carbons (Fsp3) is 0.320. The lowest BCUT2D eigenvalue weighted by atomic mass is 10.1. The van der Waals surface area contributed by atoms with Crippen LogP contribution in [-0.2, 0) is 6.42 Å². The van der Waals surface area contributed by atoms with Crippen molar-refractivity contribution in [1.82, 2.24) is 25.6 Å². The van der Waals surface area contributed by atoms with Crippen molar-refractivity contribution in [2.75, 3.05) is 18.4 Å². The van der Waals surface area contributed by atoms with E-state index in [9.17, 15) is 4.79 Å². The van der Waals surface area contributed by atoms with E-state index in [4.69, 9.17) is 5.41 Å². The zero-order valence-corrected chi connectivity index (χ0v) is 19.0. The van der Waals surface area contributed by atoms with E-state index in [1.54, 1.807) is 24.5 Å². The first-order valence-electron chi connectivity index (χ1n) is 11.4. The van der Waals surface area contributed by atoms with Gasteiger partial charge in [0, 0.05) is 31.1 Å². The SMILES string of the molecule is CCCCN/C=C(\C=N)c1cnc2ccc(NC(=O)NCCCCc3ccccc3)nc2n1. The first-order chi connectivity index (χ1) is 16.2. The van der Waals surface area contributed by atoms with Gasteiger partial charge in [-0.1, -0.05) is 43.7 Å². The van der Waals surface area contributed by atoms with E-state index in [0.717, 1.165) is 38.6 Å². The highest BCUT2D eigenvalue weighted by molar-refractivity contribution is 6.07. The van der Waals surface area contributed by atoms with Crippen molar-refractivity contribution < 1.29 is 4.79 Å². The highest BCUT2D eigenvalue weighted by Crippen LogP contribution is 2.15. The molecule has 0 atom stereocenters. The van der Waals surface area contributed by atoms with E-state index in [0.29, 0.717) is 34.8 Å². The van der Waals surface area contributed by atoms with Crippen LogP contribution in [0.25, 0.3) is 16.7 Å². The largest absolute Gasteiger partial charge is 0.390 e. The van der Waals surface area contributed by atoms with Crippen LogP contribution in [0.5, 0.6) is 0 Å². The second kappa shape index (κ2) is 12.9. The predicted octanol–water partition coefficient (Wildman–Crippen LogP) is 4.55. The van der Waals surface area contributed by atoms with Gasteiger partial charge in [-0.25, -0.2) is 14.8 Å². The lowest BCUT2D eigenvalue weighted by Gasteiger charge is -2.08. The molecular weight excluding hydrogens is 414 g/mol. The number of anilines is 1. The Morgan fingerprint density at radius 3 is 2.67 bits per heavy atom. The Morgan fingerprint density at radius 1 is 1.03 bits per heavy atom. The van der Waals surface area contributed by atoms with Gasteiger partial charge in [0.2, 0.25) is 0 Å². The number of urea groups is 1. The molecule has 0 aliphatic rings. The summed E-state index contributed by atoms with van der Waals surface area (Å²) in [5.41, 5.74) is 3.51. The first kappa shape index (κ1) is 23.8. The molecule has 2 amide bonds. The minimum Gasteiger partial charge on any atom is -0.390 e. The molecule has 0 saturated carbocycles. The Morgan fingerprint density at radius 2 is 1.88 bits per heavy atom. The molecule has 1 aromatic carbocycles.